The molecule has 0 unspecified atom stereocenters. The van der Waals surface area contributed by atoms with Gasteiger partial charge in [0.05, 0.1) is 19.2 Å². The van der Waals surface area contributed by atoms with E-state index in [-0.39, 0.29) is 28.8 Å². The van der Waals surface area contributed by atoms with Crippen molar-refractivity contribution in [3.8, 4) is 17.0 Å². The van der Waals surface area contributed by atoms with Crippen molar-refractivity contribution in [1.82, 2.24) is 13.7 Å². The molecule has 33 heavy (non-hydrogen) atoms. The van der Waals surface area contributed by atoms with Crippen molar-refractivity contribution in [2.45, 2.75) is 11.3 Å². The Kier molecular flexibility index (Phi) is 6.19. The molecule has 0 saturated carbocycles. The van der Waals surface area contributed by atoms with Crippen molar-refractivity contribution in [2.24, 2.45) is 0 Å². The third kappa shape index (κ3) is 4.61. The van der Waals surface area contributed by atoms with E-state index >= 15 is 0 Å². The van der Waals surface area contributed by atoms with Crippen molar-refractivity contribution in [2.75, 3.05) is 26.5 Å². The molecule has 0 aliphatic carbocycles. The molecule has 0 radical (unpaired) electrons. The van der Waals surface area contributed by atoms with E-state index in [0.717, 1.165) is 15.6 Å². The number of carbonyl (C=O) groups is 1. The number of halogens is 1. The van der Waals surface area contributed by atoms with Crippen LogP contribution in [0.25, 0.3) is 16.2 Å². The number of amides is 1. The highest BCUT2D eigenvalue weighted by Crippen LogP contribution is 2.29. The van der Waals surface area contributed by atoms with Gasteiger partial charge in [-0.2, -0.15) is 0 Å². The van der Waals surface area contributed by atoms with E-state index in [0.29, 0.717) is 16.3 Å². The molecular formula is C22H21FN4O4S2. The van der Waals surface area contributed by atoms with Gasteiger partial charge in [0.1, 0.15) is 16.5 Å². The van der Waals surface area contributed by atoms with Crippen LogP contribution >= 0.6 is 11.3 Å². The first-order chi connectivity index (χ1) is 15.7. The average Bonchev–Trinajstić information content (AvgIpc) is 3.36. The summed E-state index contributed by atoms with van der Waals surface area (Å²) in [7, 11) is 0.472. The van der Waals surface area contributed by atoms with E-state index in [1.165, 1.54) is 56.8 Å². The smallest absolute Gasteiger partial charge is 0.246 e. The lowest BCUT2D eigenvalue weighted by Gasteiger charge is -2.16. The van der Waals surface area contributed by atoms with Gasteiger partial charge in [-0.15, -0.1) is 11.3 Å². The number of hydrogen-bond donors (Lipinski definition) is 1. The maximum Gasteiger partial charge on any atom is 0.246 e. The molecule has 8 nitrogen and oxygen atoms in total. The van der Waals surface area contributed by atoms with Crippen LogP contribution in [-0.4, -0.2) is 49.2 Å². The van der Waals surface area contributed by atoms with Crippen molar-refractivity contribution in [3.05, 3.63) is 65.6 Å². The number of thiazole rings is 1. The Labute approximate surface area is 194 Å². The summed E-state index contributed by atoms with van der Waals surface area (Å²) < 4.78 is 46.5. The van der Waals surface area contributed by atoms with Crippen LogP contribution in [0.3, 0.4) is 0 Å². The zero-order chi connectivity index (χ0) is 23.8. The zero-order valence-electron chi connectivity index (χ0n) is 18.1. The van der Waals surface area contributed by atoms with E-state index in [1.54, 1.807) is 24.4 Å². The number of nitrogens with one attached hydrogen (secondary N) is 1. The number of ether oxygens (including phenoxy) is 1. The summed E-state index contributed by atoms with van der Waals surface area (Å²) in [6, 6.07) is 10.5. The molecule has 0 fully saturated rings. The summed E-state index contributed by atoms with van der Waals surface area (Å²) in [5.41, 5.74) is 2.51. The van der Waals surface area contributed by atoms with Gasteiger partial charge in [-0.05, 0) is 42.5 Å². The predicted molar refractivity (Wildman–Crippen MR) is 125 cm³/mol. The van der Waals surface area contributed by atoms with Gasteiger partial charge in [0.25, 0.3) is 0 Å². The van der Waals surface area contributed by atoms with Crippen LogP contribution in [0.2, 0.25) is 0 Å². The predicted octanol–water partition coefficient (Wildman–Crippen LogP) is 3.64. The fourth-order valence-electron chi connectivity index (χ4n) is 3.24. The van der Waals surface area contributed by atoms with Crippen LogP contribution < -0.4 is 10.1 Å². The molecule has 0 aliphatic heterocycles. The van der Waals surface area contributed by atoms with E-state index in [9.17, 15) is 17.6 Å². The Morgan fingerprint density at radius 3 is 2.61 bits per heavy atom. The maximum atomic E-state index is 13.2. The van der Waals surface area contributed by atoms with Gasteiger partial charge in [0.2, 0.25) is 15.9 Å². The Bertz CT molecular complexity index is 1430. The average molecular weight is 489 g/mol. The minimum atomic E-state index is -3.76. The summed E-state index contributed by atoms with van der Waals surface area (Å²) in [5, 5.41) is 4.58. The largest absolute Gasteiger partial charge is 0.495 e. The highest BCUT2D eigenvalue weighted by Gasteiger charge is 2.23. The fourth-order valence-corrected chi connectivity index (χ4v) is 5.19. The highest BCUT2D eigenvalue weighted by molar-refractivity contribution is 7.89. The molecule has 0 spiro atoms. The fraction of sp³-hybridized carbons (Fsp3) is 0.182. The van der Waals surface area contributed by atoms with Crippen LogP contribution in [0.1, 0.15) is 5.69 Å². The maximum absolute atomic E-state index is 13.2. The van der Waals surface area contributed by atoms with E-state index in [4.69, 9.17) is 4.74 Å². The molecule has 11 heteroatoms. The first-order valence-electron chi connectivity index (χ1n) is 9.81. The van der Waals surface area contributed by atoms with Gasteiger partial charge in [0.15, 0.2) is 4.96 Å². The number of anilines is 1. The van der Waals surface area contributed by atoms with Gasteiger partial charge in [-0.25, -0.2) is 22.1 Å². The molecule has 0 bridgehead atoms. The molecule has 1 N–H and O–H groups in total. The Morgan fingerprint density at radius 2 is 1.94 bits per heavy atom. The topological polar surface area (TPSA) is 93.0 Å². The first-order valence-corrected chi connectivity index (χ1v) is 12.1. The number of rotatable bonds is 7. The summed E-state index contributed by atoms with van der Waals surface area (Å²) in [5.74, 6) is -0.449. The Balaban J connectivity index is 1.55. The second-order valence-electron chi connectivity index (χ2n) is 7.39. The third-order valence-corrected chi connectivity index (χ3v) is 7.70. The zero-order valence-corrected chi connectivity index (χ0v) is 19.7. The van der Waals surface area contributed by atoms with E-state index in [2.05, 4.69) is 10.3 Å². The lowest BCUT2D eigenvalue weighted by Crippen LogP contribution is -2.23. The number of nitrogens with zero attached hydrogens (tertiary/aromatic N) is 3. The third-order valence-electron chi connectivity index (χ3n) is 4.97. The molecule has 0 aliphatic rings. The molecule has 1 amide bonds. The van der Waals surface area contributed by atoms with Gasteiger partial charge in [-0.3, -0.25) is 9.20 Å². The molecular weight excluding hydrogens is 467 g/mol. The monoisotopic (exact) mass is 488 g/mol. The summed E-state index contributed by atoms with van der Waals surface area (Å²) >= 11 is 1.39. The van der Waals surface area contributed by atoms with Crippen LogP contribution in [0.15, 0.2) is 58.9 Å². The molecule has 2 aromatic carbocycles. The number of hydrogen-bond acceptors (Lipinski definition) is 6. The molecule has 2 aromatic heterocycles. The van der Waals surface area contributed by atoms with Crippen molar-refractivity contribution in [3.63, 3.8) is 0 Å². The van der Waals surface area contributed by atoms with Crippen molar-refractivity contribution >= 4 is 37.9 Å². The molecule has 0 atom stereocenters. The minimum Gasteiger partial charge on any atom is -0.495 e. The van der Waals surface area contributed by atoms with E-state index < -0.39 is 10.0 Å². The molecule has 4 rings (SSSR count). The lowest BCUT2D eigenvalue weighted by atomic mass is 10.2. The SMILES string of the molecule is COc1ccc(NC(=O)Cc2csc3nc(-c4ccc(F)cc4)cn23)cc1S(=O)(=O)N(C)C. The van der Waals surface area contributed by atoms with Gasteiger partial charge < -0.3 is 10.1 Å². The van der Waals surface area contributed by atoms with Crippen LogP contribution in [0.4, 0.5) is 10.1 Å². The molecule has 4 aromatic rings. The van der Waals surface area contributed by atoms with Gasteiger partial charge in [-0.1, -0.05) is 0 Å². The second-order valence-corrected chi connectivity index (χ2v) is 10.3. The number of sulfonamides is 1. The van der Waals surface area contributed by atoms with Crippen molar-refractivity contribution in [1.29, 1.82) is 0 Å². The second kappa shape index (κ2) is 8.93. The van der Waals surface area contributed by atoms with Crippen LogP contribution in [0.5, 0.6) is 5.75 Å². The normalized spacial score (nSPS) is 11.8. The van der Waals surface area contributed by atoms with Gasteiger partial charge >= 0.3 is 0 Å². The number of carbonyl (C=O) groups excluding carboxylic acids is 1. The standard InChI is InChI=1S/C22H21FN4O4S2/c1-26(2)33(29,30)20-10-16(8-9-19(20)31-3)24-21(28)11-17-13-32-22-25-18(12-27(17)22)14-4-6-15(23)7-5-14/h4-10,12-13H,11H2,1-3H3,(H,24,28). The minimum absolute atomic E-state index is 0.0377. The molecule has 172 valence electrons. The first kappa shape index (κ1) is 22.9. The van der Waals surface area contributed by atoms with Gasteiger partial charge in [0, 0.05) is 42.6 Å². The van der Waals surface area contributed by atoms with Crippen molar-refractivity contribution < 1.29 is 22.3 Å². The highest BCUT2D eigenvalue weighted by atomic mass is 32.2. The number of aromatic nitrogens is 2. The Morgan fingerprint density at radius 1 is 1.21 bits per heavy atom. The molecule has 2 heterocycles. The summed E-state index contributed by atoms with van der Waals surface area (Å²) in [6.45, 7) is 0. The lowest BCUT2D eigenvalue weighted by molar-refractivity contribution is -0.115. The quantitative estimate of drug-likeness (QED) is 0.429. The van der Waals surface area contributed by atoms with Crippen LogP contribution in [-0.2, 0) is 21.2 Å². The molecule has 0 saturated heterocycles. The number of benzene rings is 2. The summed E-state index contributed by atoms with van der Waals surface area (Å²) in [6.07, 6.45) is 1.86. The number of methoxy groups -OCH3 is 1. The number of imidazole rings is 1. The van der Waals surface area contributed by atoms with E-state index in [1.807, 2.05) is 9.78 Å². The van der Waals surface area contributed by atoms with Crippen LogP contribution in [0, 0.1) is 5.82 Å². The number of fused-ring (bicyclic) bond motifs is 1. The summed E-state index contributed by atoms with van der Waals surface area (Å²) in [4.78, 5) is 17.9. The Hall–Kier alpha value is -3.28.